The lowest BCUT2D eigenvalue weighted by atomic mass is 9.92. The zero-order chi connectivity index (χ0) is 27.9. The van der Waals surface area contributed by atoms with Gasteiger partial charge in [0.15, 0.2) is 11.9 Å². The molecule has 0 saturated heterocycles. The zero-order valence-electron chi connectivity index (χ0n) is 22.6. The molecule has 0 radical (unpaired) electrons. The van der Waals surface area contributed by atoms with Crippen LogP contribution in [0.3, 0.4) is 0 Å². The average molecular weight is 434 g/mol. The first-order valence-corrected chi connectivity index (χ1v) is 9.15. The van der Waals surface area contributed by atoms with Gasteiger partial charge in [-0.05, 0) is 36.1 Å². The minimum absolute atomic E-state index is 0.00265. The van der Waals surface area contributed by atoms with Crippen LogP contribution in [-0.4, -0.2) is 22.9 Å². The number of pyridine rings is 1. The summed E-state index contributed by atoms with van der Waals surface area (Å²) in [4.78, 5) is 30.7. The van der Waals surface area contributed by atoms with Crippen LogP contribution < -0.4 is 15.0 Å². The van der Waals surface area contributed by atoms with Gasteiger partial charge in [-0.25, -0.2) is 8.78 Å². The summed E-state index contributed by atoms with van der Waals surface area (Å²) in [6, 6.07) is 5.71. The minimum Gasteiger partial charge on any atom is -0.463 e. The average Bonchev–Trinajstić information content (AvgIpc) is 2.74. The first-order chi connectivity index (χ1) is 17.0. The van der Waals surface area contributed by atoms with E-state index in [1.54, 1.807) is 6.07 Å². The Labute approximate surface area is 187 Å². The maximum absolute atomic E-state index is 13.7. The van der Waals surface area contributed by atoms with Crippen molar-refractivity contribution in [3.8, 4) is 11.9 Å². The molecule has 0 aliphatic carbocycles. The molecule has 2 amide bonds. The van der Waals surface area contributed by atoms with E-state index in [2.05, 4.69) is 10.3 Å². The minimum atomic E-state index is -3.01. The fourth-order valence-corrected chi connectivity index (χ4v) is 3.05. The summed E-state index contributed by atoms with van der Waals surface area (Å²) in [5.74, 6) is -3.83. The molecule has 162 valence electrons. The highest BCUT2D eigenvalue weighted by Gasteiger charge is 2.34. The van der Waals surface area contributed by atoms with Crippen LogP contribution in [0.2, 0.25) is 0 Å². The molecule has 0 spiro atoms. The van der Waals surface area contributed by atoms with Crippen molar-refractivity contribution in [1.82, 2.24) is 4.98 Å². The standard InChI is InChI=1S/C22H22F2N4O3/c1-12-21(30)28(11-13-5-15(23)8-16(24)6-13)17-7-14(10-25)19(27-20(17)31-12)26-18(29)9-22(2,3)4/h5-8,12H,9,11H2,1-4H3,(H,26,27,29)/i2D3,3D3. The largest absolute Gasteiger partial charge is 0.463 e. The number of halogens is 2. The van der Waals surface area contributed by atoms with E-state index in [-0.39, 0.29) is 35.1 Å². The van der Waals surface area contributed by atoms with E-state index in [1.807, 2.05) is 0 Å². The molecular formula is C22H22F2N4O3. The van der Waals surface area contributed by atoms with Crippen molar-refractivity contribution in [2.45, 2.75) is 46.6 Å². The Kier molecular flexibility index (Phi) is 4.09. The number of carbonyl (C=O) groups is 2. The molecule has 31 heavy (non-hydrogen) atoms. The highest BCUT2D eigenvalue weighted by atomic mass is 19.1. The van der Waals surface area contributed by atoms with Crippen LogP contribution in [0.4, 0.5) is 20.3 Å². The van der Waals surface area contributed by atoms with Gasteiger partial charge in [0.05, 0.1) is 12.1 Å². The first kappa shape index (κ1) is 15.3. The van der Waals surface area contributed by atoms with E-state index in [0.29, 0.717) is 6.07 Å². The van der Waals surface area contributed by atoms with Crippen LogP contribution in [0.25, 0.3) is 0 Å². The molecule has 1 atom stereocenters. The molecule has 0 bridgehead atoms. The quantitative estimate of drug-likeness (QED) is 0.787. The molecule has 7 nitrogen and oxygen atoms in total. The van der Waals surface area contributed by atoms with E-state index < -0.39 is 55.1 Å². The van der Waals surface area contributed by atoms with Crippen molar-refractivity contribution in [3.05, 3.63) is 47.0 Å². The third kappa shape index (κ3) is 5.15. The molecule has 1 aromatic heterocycles. The summed E-state index contributed by atoms with van der Waals surface area (Å²) in [5.41, 5.74) is -2.52. The number of anilines is 2. The van der Waals surface area contributed by atoms with Crippen molar-refractivity contribution in [2.75, 3.05) is 10.2 Å². The highest BCUT2D eigenvalue weighted by Crippen LogP contribution is 2.36. The molecule has 1 aliphatic heterocycles. The van der Waals surface area contributed by atoms with Gasteiger partial charge in [0.1, 0.15) is 23.4 Å². The van der Waals surface area contributed by atoms with E-state index in [4.69, 9.17) is 13.0 Å². The number of benzene rings is 1. The molecule has 9 heteroatoms. The Morgan fingerprint density at radius 1 is 1.35 bits per heavy atom. The smallest absolute Gasteiger partial charge is 0.268 e. The van der Waals surface area contributed by atoms with Crippen LogP contribution in [0.1, 0.15) is 53.3 Å². The SMILES string of the molecule is [2H]C([2H])([2H])C(C)(CC(=O)Nc1nc2c(cc1C#N)N(Cc1cc(F)cc(F)c1)C(=O)C(C)O2)C([2H])([2H])[2H]. The Morgan fingerprint density at radius 3 is 2.65 bits per heavy atom. The van der Waals surface area contributed by atoms with Crippen molar-refractivity contribution in [2.24, 2.45) is 5.41 Å². The van der Waals surface area contributed by atoms with Gasteiger partial charge in [0, 0.05) is 20.7 Å². The third-order valence-electron chi connectivity index (χ3n) is 4.32. The summed E-state index contributed by atoms with van der Waals surface area (Å²) < 4.78 is 78.6. The third-order valence-corrected chi connectivity index (χ3v) is 4.32. The van der Waals surface area contributed by atoms with E-state index in [0.717, 1.165) is 24.0 Å². The van der Waals surface area contributed by atoms with E-state index in [9.17, 15) is 23.6 Å². The summed E-state index contributed by atoms with van der Waals surface area (Å²) in [6.07, 6.45) is -2.01. The number of aromatic nitrogens is 1. The Hall–Kier alpha value is -3.54. The molecule has 1 aliphatic rings. The van der Waals surface area contributed by atoms with Crippen LogP contribution in [0.15, 0.2) is 24.3 Å². The number of nitrogens with zero attached hydrogens (tertiary/aromatic N) is 3. The van der Waals surface area contributed by atoms with Crippen molar-refractivity contribution < 1.29 is 31.3 Å². The second kappa shape index (κ2) is 8.30. The van der Waals surface area contributed by atoms with Gasteiger partial charge in [0.25, 0.3) is 5.91 Å². The Balaban J connectivity index is 1.97. The Bertz CT molecular complexity index is 1260. The maximum atomic E-state index is 13.7. The lowest BCUT2D eigenvalue weighted by Crippen LogP contribution is -2.44. The summed E-state index contributed by atoms with van der Waals surface area (Å²) >= 11 is 0. The topological polar surface area (TPSA) is 95.3 Å². The van der Waals surface area contributed by atoms with Crippen LogP contribution in [-0.2, 0) is 16.1 Å². The molecular weight excluding hydrogens is 406 g/mol. The van der Waals surface area contributed by atoms with Gasteiger partial charge >= 0.3 is 0 Å². The first-order valence-electron chi connectivity index (χ1n) is 12.1. The number of amides is 2. The number of nitrogens with one attached hydrogen (secondary N) is 1. The second-order valence-corrected chi connectivity index (χ2v) is 7.34. The van der Waals surface area contributed by atoms with Crippen molar-refractivity contribution in [1.29, 1.82) is 5.26 Å². The van der Waals surface area contributed by atoms with Gasteiger partial charge in [-0.15, -0.1) is 0 Å². The number of hydrogen-bond donors (Lipinski definition) is 1. The van der Waals surface area contributed by atoms with Crippen LogP contribution in [0, 0.1) is 28.4 Å². The number of fused-ring (bicyclic) bond motifs is 1. The molecule has 0 fully saturated rings. The highest BCUT2D eigenvalue weighted by molar-refractivity contribution is 6.00. The summed E-state index contributed by atoms with van der Waals surface area (Å²) in [6.45, 7) is -3.94. The number of rotatable bonds is 4. The number of ether oxygens (including phenoxy) is 1. The number of carbonyl (C=O) groups excluding carboxylic acids is 2. The summed E-state index contributed by atoms with van der Waals surface area (Å²) in [5, 5.41) is 11.9. The maximum Gasteiger partial charge on any atom is 0.268 e. The molecule has 1 unspecified atom stereocenters. The monoisotopic (exact) mass is 434 g/mol. The summed E-state index contributed by atoms with van der Waals surface area (Å²) in [7, 11) is 0. The van der Waals surface area contributed by atoms with Crippen molar-refractivity contribution in [3.63, 3.8) is 0 Å². The van der Waals surface area contributed by atoms with Gasteiger partial charge in [-0.1, -0.05) is 20.6 Å². The molecule has 2 aromatic rings. The van der Waals surface area contributed by atoms with Crippen LogP contribution >= 0.6 is 0 Å². The Morgan fingerprint density at radius 2 is 2.03 bits per heavy atom. The predicted octanol–water partition coefficient (Wildman–Crippen LogP) is 3.92. The number of nitriles is 1. The molecule has 0 saturated carbocycles. The second-order valence-electron chi connectivity index (χ2n) is 7.34. The normalized spacial score (nSPS) is 19.4. The molecule has 3 rings (SSSR count). The van der Waals surface area contributed by atoms with Crippen molar-refractivity contribution >= 4 is 23.3 Å². The van der Waals surface area contributed by atoms with Crippen LogP contribution in [0.5, 0.6) is 5.88 Å². The fraction of sp³-hybridized carbons (Fsp3) is 0.364. The zero-order valence-corrected chi connectivity index (χ0v) is 16.6. The van der Waals surface area contributed by atoms with Gasteiger partial charge in [0.2, 0.25) is 11.8 Å². The molecule has 1 N–H and O–H groups in total. The van der Waals surface area contributed by atoms with Gasteiger partial charge < -0.3 is 10.1 Å². The lowest BCUT2D eigenvalue weighted by Gasteiger charge is -2.32. The lowest BCUT2D eigenvalue weighted by molar-refractivity contribution is -0.126. The van der Waals surface area contributed by atoms with E-state index >= 15 is 0 Å². The molecule has 1 aromatic carbocycles. The molecule has 2 heterocycles. The van der Waals surface area contributed by atoms with Gasteiger partial charge in [-0.3, -0.25) is 14.5 Å². The fourth-order valence-electron chi connectivity index (χ4n) is 3.05. The van der Waals surface area contributed by atoms with E-state index in [1.165, 1.54) is 13.0 Å². The predicted molar refractivity (Wildman–Crippen MR) is 109 cm³/mol. The number of hydrogen-bond acceptors (Lipinski definition) is 5. The van der Waals surface area contributed by atoms with Gasteiger partial charge in [-0.2, -0.15) is 10.2 Å².